The molecule has 0 bridgehead atoms. The number of Topliss-reactive ketones (excluding diaryl/α,β-unsaturated/α-hetero) is 3. The fourth-order valence-corrected chi connectivity index (χ4v) is 8.52. The summed E-state index contributed by atoms with van der Waals surface area (Å²) in [6.07, 6.45) is -0.330. The van der Waals surface area contributed by atoms with Crippen LogP contribution in [0.3, 0.4) is 0 Å². The minimum absolute atomic E-state index is 0.0161. The smallest absolute Gasteiger partial charge is 0.186 e. The van der Waals surface area contributed by atoms with Crippen molar-refractivity contribution in [2.45, 2.75) is 109 Å². The minimum atomic E-state index is -1.79. The molecule has 12 atom stereocenters. The molecule has 12 unspecified atom stereocenters. The van der Waals surface area contributed by atoms with Crippen LogP contribution in [0.15, 0.2) is 11.6 Å². The summed E-state index contributed by atoms with van der Waals surface area (Å²) in [5.74, 6) is -1.67. The minimum Gasteiger partial charge on any atom is -0.388 e. The molecule has 0 aromatic carbocycles. The van der Waals surface area contributed by atoms with Crippen LogP contribution in [0.5, 0.6) is 0 Å². The Bertz CT molecular complexity index is 1020. The van der Waals surface area contributed by atoms with Gasteiger partial charge in [-0.25, -0.2) is 0 Å². The molecule has 0 aromatic rings. The number of carbonyl (C=O) groups excluding carboxylic acids is 3. The highest BCUT2D eigenvalue weighted by atomic mass is 16.7. The van der Waals surface area contributed by atoms with E-state index in [0.29, 0.717) is 25.7 Å². The van der Waals surface area contributed by atoms with Gasteiger partial charge >= 0.3 is 0 Å². The molecule has 4 fully saturated rings. The molecule has 5 rings (SSSR count). The van der Waals surface area contributed by atoms with E-state index in [2.05, 4.69) is 13.0 Å². The molecule has 206 valence electrons. The summed E-state index contributed by atoms with van der Waals surface area (Å²) in [5.41, 5.74) is -2.21. The summed E-state index contributed by atoms with van der Waals surface area (Å²) in [6.45, 7) is 6.85. The van der Waals surface area contributed by atoms with Gasteiger partial charge in [0.15, 0.2) is 12.1 Å². The zero-order valence-corrected chi connectivity index (χ0v) is 22.3. The van der Waals surface area contributed by atoms with Crippen molar-refractivity contribution in [1.82, 2.24) is 0 Å². The second-order valence-electron chi connectivity index (χ2n) is 12.5. The molecular weight excluding hydrogens is 480 g/mol. The van der Waals surface area contributed by atoms with Gasteiger partial charge < -0.3 is 29.5 Å². The molecule has 1 aliphatic heterocycles. The number of rotatable bonds is 4. The summed E-state index contributed by atoms with van der Waals surface area (Å²) < 4.78 is 17.2. The number of allylic oxidation sites excluding steroid dienone is 1. The van der Waals surface area contributed by atoms with Gasteiger partial charge in [-0.1, -0.05) is 25.5 Å². The average Bonchev–Trinajstić information content (AvgIpc) is 3.03. The van der Waals surface area contributed by atoms with Gasteiger partial charge in [0.25, 0.3) is 0 Å². The van der Waals surface area contributed by atoms with E-state index in [1.54, 1.807) is 13.8 Å². The van der Waals surface area contributed by atoms with Gasteiger partial charge in [0, 0.05) is 37.2 Å². The summed E-state index contributed by atoms with van der Waals surface area (Å²) in [6, 6.07) is 0. The second-order valence-corrected chi connectivity index (χ2v) is 12.5. The average molecular weight is 521 g/mol. The lowest BCUT2D eigenvalue weighted by Crippen LogP contribution is -2.61. The Balaban J connectivity index is 1.37. The van der Waals surface area contributed by atoms with E-state index < -0.39 is 58.8 Å². The zero-order chi connectivity index (χ0) is 27.1. The Labute approximate surface area is 217 Å². The highest BCUT2D eigenvalue weighted by molar-refractivity contribution is 6.01. The van der Waals surface area contributed by atoms with Gasteiger partial charge in [-0.3, -0.25) is 14.4 Å². The monoisotopic (exact) mass is 520 g/mol. The van der Waals surface area contributed by atoms with Gasteiger partial charge in [-0.05, 0) is 50.9 Å². The van der Waals surface area contributed by atoms with E-state index >= 15 is 0 Å². The number of aliphatic hydroxyl groups is 3. The van der Waals surface area contributed by atoms with Crippen LogP contribution in [-0.4, -0.2) is 82.2 Å². The molecule has 9 nitrogen and oxygen atoms in total. The standard InChI is InChI=1S/C28H40O9/c1-13-22(32)24(35-5)23(33)25(36-13)37-16-8-9-26(3)15(10-16)6-7-17-20(26)18(30)11-27(4)21(17)19(31)12-28(27,34)14(2)29/h6,13,16-17,20-25,32-34H,7-12H2,1-5H3. The van der Waals surface area contributed by atoms with Crippen molar-refractivity contribution in [2.75, 3.05) is 7.11 Å². The van der Waals surface area contributed by atoms with Gasteiger partial charge in [-0.15, -0.1) is 0 Å². The number of hydrogen-bond donors (Lipinski definition) is 3. The Kier molecular flexibility index (Phi) is 6.61. The van der Waals surface area contributed by atoms with Crippen LogP contribution in [0.4, 0.5) is 0 Å². The van der Waals surface area contributed by atoms with E-state index in [1.807, 2.05) is 0 Å². The molecule has 9 heteroatoms. The lowest BCUT2D eigenvalue weighted by atomic mass is 9.46. The van der Waals surface area contributed by atoms with Crippen molar-refractivity contribution in [1.29, 1.82) is 0 Å². The Morgan fingerprint density at radius 3 is 2.43 bits per heavy atom. The highest BCUT2D eigenvalue weighted by Crippen LogP contribution is 2.65. The third-order valence-corrected chi connectivity index (χ3v) is 10.6. The molecule has 5 aliphatic rings. The molecule has 3 N–H and O–H groups in total. The summed E-state index contributed by atoms with van der Waals surface area (Å²) in [7, 11) is 1.43. The molecule has 0 aromatic heterocycles. The maximum atomic E-state index is 13.7. The third kappa shape index (κ3) is 3.76. The largest absolute Gasteiger partial charge is 0.388 e. The van der Waals surface area contributed by atoms with E-state index in [9.17, 15) is 29.7 Å². The lowest BCUT2D eigenvalue weighted by molar-refractivity contribution is -0.309. The van der Waals surface area contributed by atoms with Crippen molar-refractivity contribution < 1.29 is 43.9 Å². The van der Waals surface area contributed by atoms with Crippen molar-refractivity contribution in [3.05, 3.63) is 11.6 Å². The normalized spacial score (nSPS) is 51.7. The first-order valence-corrected chi connectivity index (χ1v) is 13.5. The number of ether oxygens (including phenoxy) is 3. The lowest BCUT2D eigenvalue weighted by Gasteiger charge is -2.57. The summed E-state index contributed by atoms with van der Waals surface area (Å²) in [5, 5.41) is 32.2. The van der Waals surface area contributed by atoms with Crippen LogP contribution >= 0.6 is 0 Å². The van der Waals surface area contributed by atoms with Crippen LogP contribution in [0.1, 0.15) is 66.2 Å². The number of carbonyl (C=O) groups is 3. The van der Waals surface area contributed by atoms with Crippen LogP contribution in [0.2, 0.25) is 0 Å². The van der Waals surface area contributed by atoms with Crippen LogP contribution in [0, 0.1) is 28.6 Å². The third-order valence-electron chi connectivity index (χ3n) is 10.6. The van der Waals surface area contributed by atoms with Crippen molar-refractivity contribution in [3.63, 3.8) is 0 Å². The molecule has 0 spiro atoms. The SMILES string of the molecule is COC1C(O)C(C)OC(OC2CCC3(C)C(=CCC4C3C(=O)CC3(C)C4C(=O)CC3(O)C(C)=O)C2)C1O. The van der Waals surface area contributed by atoms with Crippen LogP contribution in [-0.2, 0) is 28.6 Å². The Hall–Kier alpha value is -1.49. The quantitative estimate of drug-likeness (QED) is 0.471. The van der Waals surface area contributed by atoms with E-state index in [4.69, 9.17) is 14.2 Å². The number of methoxy groups -OCH3 is 1. The molecule has 0 amide bonds. The molecule has 4 aliphatic carbocycles. The Morgan fingerprint density at radius 2 is 1.78 bits per heavy atom. The second kappa shape index (κ2) is 9.03. The topological polar surface area (TPSA) is 140 Å². The molecule has 3 saturated carbocycles. The van der Waals surface area contributed by atoms with Crippen molar-refractivity contribution in [3.8, 4) is 0 Å². The maximum absolute atomic E-state index is 13.7. The van der Waals surface area contributed by atoms with Crippen molar-refractivity contribution in [2.24, 2.45) is 28.6 Å². The maximum Gasteiger partial charge on any atom is 0.186 e. The van der Waals surface area contributed by atoms with Gasteiger partial charge in [0.1, 0.15) is 35.5 Å². The first-order chi connectivity index (χ1) is 17.3. The Morgan fingerprint density at radius 1 is 1.11 bits per heavy atom. The number of aliphatic hydroxyl groups excluding tert-OH is 2. The van der Waals surface area contributed by atoms with Crippen LogP contribution < -0.4 is 0 Å². The molecule has 1 heterocycles. The zero-order valence-electron chi connectivity index (χ0n) is 22.3. The predicted molar refractivity (Wildman–Crippen MR) is 130 cm³/mol. The molecular formula is C28H40O9. The first kappa shape index (κ1) is 27.1. The fourth-order valence-electron chi connectivity index (χ4n) is 8.52. The van der Waals surface area contributed by atoms with Crippen LogP contribution in [0.25, 0.3) is 0 Å². The van der Waals surface area contributed by atoms with Gasteiger partial charge in [0.2, 0.25) is 0 Å². The highest BCUT2D eigenvalue weighted by Gasteiger charge is 2.70. The number of fused-ring (bicyclic) bond motifs is 5. The van der Waals surface area contributed by atoms with Gasteiger partial charge in [-0.2, -0.15) is 0 Å². The fraction of sp³-hybridized carbons (Fsp3) is 0.821. The molecule has 1 saturated heterocycles. The van der Waals surface area contributed by atoms with Gasteiger partial charge in [0.05, 0.1) is 12.2 Å². The predicted octanol–water partition coefficient (Wildman–Crippen LogP) is 1.49. The summed E-state index contributed by atoms with van der Waals surface area (Å²) in [4.78, 5) is 39.4. The van der Waals surface area contributed by atoms with E-state index in [1.165, 1.54) is 14.0 Å². The number of ketones is 3. The molecule has 37 heavy (non-hydrogen) atoms. The first-order valence-electron chi connectivity index (χ1n) is 13.5. The van der Waals surface area contributed by atoms with E-state index in [0.717, 1.165) is 5.57 Å². The number of hydrogen-bond acceptors (Lipinski definition) is 9. The van der Waals surface area contributed by atoms with Crippen molar-refractivity contribution >= 4 is 17.3 Å². The summed E-state index contributed by atoms with van der Waals surface area (Å²) >= 11 is 0. The van der Waals surface area contributed by atoms with E-state index in [-0.39, 0.29) is 42.3 Å². The molecule has 0 radical (unpaired) electrons.